The fourth-order valence-electron chi connectivity index (χ4n) is 2.44. The van der Waals surface area contributed by atoms with Crippen molar-refractivity contribution in [2.24, 2.45) is 5.41 Å². The Morgan fingerprint density at radius 2 is 2.12 bits per heavy atom. The standard InChI is InChI=1S/C14H28N2/c1-6-8-12-10-15-13(14(3,4)5)11-16(12)9-7-2/h7,12-13,15H,2,6,8-11H2,1,3-5H3. The summed E-state index contributed by atoms with van der Waals surface area (Å²) in [5, 5.41) is 3.71. The van der Waals surface area contributed by atoms with Gasteiger partial charge in [0.15, 0.2) is 0 Å². The highest BCUT2D eigenvalue weighted by molar-refractivity contribution is 4.93. The van der Waals surface area contributed by atoms with E-state index in [1.807, 2.05) is 6.08 Å². The van der Waals surface area contributed by atoms with Crippen molar-refractivity contribution in [1.82, 2.24) is 10.2 Å². The van der Waals surface area contributed by atoms with E-state index in [1.54, 1.807) is 0 Å². The molecule has 2 atom stereocenters. The molecule has 2 unspecified atom stereocenters. The zero-order valence-corrected chi connectivity index (χ0v) is 11.4. The molecule has 0 spiro atoms. The molecule has 0 aromatic rings. The van der Waals surface area contributed by atoms with Crippen LogP contribution in [-0.2, 0) is 0 Å². The van der Waals surface area contributed by atoms with Crippen molar-refractivity contribution in [1.29, 1.82) is 0 Å². The normalized spacial score (nSPS) is 28.0. The van der Waals surface area contributed by atoms with E-state index in [-0.39, 0.29) is 0 Å². The Morgan fingerprint density at radius 3 is 2.62 bits per heavy atom. The summed E-state index contributed by atoms with van der Waals surface area (Å²) in [7, 11) is 0. The molecule has 0 aromatic carbocycles. The lowest BCUT2D eigenvalue weighted by Gasteiger charge is -2.44. The van der Waals surface area contributed by atoms with Gasteiger partial charge in [-0.3, -0.25) is 4.90 Å². The van der Waals surface area contributed by atoms with Crippen LogP contribution in [-0.4, -0.2) is 36.6 Å². The number of rotatable bonds is 4. The average Bonchev–Trinajstić information content (AvgIpc) is 2.19. The van der Waals surface area contributed by atoms with Crippen LogP contribution < -0.4 is 5.32 Å². The molecule has 1 N–H and O–H groups in total. The number of nitrogens with one attached hydrogen (secondary N) is 1. The predicted octanol–water partition coefficient (Wildman–Crippen LogP) is 2.66. The molecule has 1 aliphatic rings. The second kappa shape index (κ2) is 5.83. The van der Waals surface area contributed by atoms with Gasteiger partial charge in [-0.1, -0.05) is 40.2 Å². The van der Waals surface area contributed by atoms with Crippen molar-refractivity contribution in [2.45, 2.75) is 52.6 Å². The quantitative estimate of drug-likeness (QED) is 0.739. The van der Waals surface area contributed by atoms with Gasteiger partial charge in [0.25, 0.3) is 0 Å². The molecular weight excluding hydrogens is 196 g/mol. The summed E-state index contributed by atoms with van der Waals surface area (Å²) >= 11 is 0. The maximum atomic E-state index is 3.87. The third-order valence-electron chi connectivity index (χ3n) is 3.56. The molecule has 1 saturated heterocycles. The summed E-state index contributed by atoms with van der Waals surface area (Å²) in [6.45, 7) is 16.4. The van der Waals surface area contributed by atoms with Gasteiger partial charge in [-0.05, 0) is 11.8 Å². The number of piperazine rings is 1. The van der Waals surface area contributed by atoms with Gasteiger partial charge in [0.1, 0.15) is 0 Å². The molecular formula is C14H28N2. The minimum atomic E-state index is 0.344. The Bertz CT molecular complexity index is 217. The van der Waals surface area contributed by atoms with Crippen LogP contribution >= 0.6 is 0 Å². The molecule has 2 heteroatoms. The topological polar surface area (TPSA) is 15.3 Å². The van der Waals surface area contributed by atoms with Crippen LogP contribution in [0.25, 0.3) is 0 Å². The van der Waals surface area contributed by atoms with Gasteiger partial charge in [0.05, 0.1) is 0 Å². The van der Waals surface area contributed by atoms with E-state index in [0.29, 0.717) is 17.5 Å². The zero-order valence-electron chi connectivity index (χ0n) is 11.4. The van der Waals surface area contributed by atoms with Crippen LogP contribution in [0, 0.1) is 5.41 Å². The van der Waals surface area contributed by atoms with Crippen LogP contribution in [0.15, 0.2) is 12.7 Å². The molecule has 1 rings (SSSR count). The number of hydrogen-bond acceptors (Lipinski definition) is 2. The molecule has 1 aliphatic heterocycles. The van der Waals surface area contributed by atoms with Crippen molar-refractivity contribution in [3.63, 3.8) is 0 Å². The molecule has 0 saturated carbocycles. The first-order valence-corrected chi connectivity index (χ1v) is 6.57. The Labute approximate surface area is 101 Å². The minimum Gasteiger partial charge on any atom is -0.311 e. The predicted molar refractivity (Wildman–Crippen MR) is 71.7 cm³/mol. The lowest BCUT2D eigenvalue weighted by molar-refractivity contribution is 0.0911. The van der Waals surface area contributed by atoms with E-state index < -0.39 is 0 Å². The summed E-state index contributed by atoms with van der Waals surface area (Å²) in [5.41, 5.74) is 0.344. The average molecular weight is 224 g/mol. The van der Waals surface area contributed by atoms with E-state index in [0.717, 1.165) is 19.6 Å². The van der Waals surface area contributed by atoms with Crippen LogP contribution in [0.1, 0.15) is 40.5 Å². The Kier molecular flexibility index (Phi) is 5.00. The maximum Gasteiger partial charge on any atom is 0.0244 e. The second-order valence-corrected chi connectivity index (χ2v) is 6.01. The molecule has 94 valence electrons. The van der Waals surface area contributed by atoms with Gasteiger partial charge in [-0.25, -0.2) is 0 Å². The summed E-state index contributed by atoms with van der Waals surface area (Å²) in [4.78, 5) is 2.59. The summed E-state index contributed by atoms with van der Waals surface area (Å²) < 4.78 is 0. The number of nitrogens with zero attached hydrogens (tertiary/aromatic N) is 1. The lowest BCUT2D eigenvalue weighted by atomic mass is 9.84. The van der Waals surface area contributed by atoms with E-state index in [1.165, 1.54) is 12.8 Å². The van der Waals surface area contributed by atoms with Crippen LogP contribution in [0.3, 0.4) is 0 Å². The molecule has 16 heavy (non-hydrogen) atoms. The maximum absolute atomic E-state index is 3.87. The van der Waals surface area contributed by atoms with Crippen LogP contribution in [0.2, 0.25) is 0 Å². The first-order valence-electron chi connectivity index (χ1n) is 6.57. The summed E-state index contributed by atoms with van der Waals surface area (Å²) in [5.74, 6) is 0. The first kappa shape index (κ1) is 13.7. The SMILES string of the molecule is C=CCN1CC(C(C)(C)C)NCC1CCC. The van der Waals surface area contributed by atoms with Gasteiger partial charge < -0.3 is 5.32 Å². The largest absolute Gasteiger partial charge is 0.311 e. The smallest absolute Gasteiger partial charge is 0.0244 e. The van der Waals surface area contributed by atoms with Crippen molar-refractivity contribution in [2.75, 3.05) is 19.6 Å². The van der Waals surface area contributed by atoms with Crippen LogP contribution in [0.5, 0.6) is 0 Å². The van der Waals surface area contributed by atoms with Gasteiger partial charge in [-0.15, -0.1) is 6.58 Å². The molecule has 0 radical (unpaired) electrons. The molecule has 1 heterocycles. The second-order valence-electron chi connectivity index (χ2n) is 6.01. The number of hydrogen-bond donors (Lipinski definition) is 1. The van der Waals surface area contributed by atoms with Gasteiger partial charge in [0.2, 0.25) is 0 Å². The van der Waals surface area contributed by atoms with E-state index >= 15 is 0 Å². The van der Waals surface area contributed by atoms with Crippen molar-refractivity contribution >= 4 is 0 Å². The molecule has 1 fully saturated rings. The molecule has 0 amide bonds. The fourth-order valence-corrected chi connectivity index (χ4v) is 2.44. The highest BCUT2D eigenvalue weighted by atomic mass is 15.2. The Morgan fingerprint density at radius 1 is 1.44 bits per heavy atom. The van der Waals surface area contributed by atoms with Gasteiger partial charge in [0, 0.05) is 31.7 Å². The third kappa shape index (κ3) is 3.60. The van der Waals surface area contributed by atoms with Crippen molar-refractivity contribution in [3.05, 3.63) is 12.7 Å². The zero-order chi connectivity index (χ0) is 12.2. The van der Waals surface area contributed by atoms with Gasteiger partial charge in [-0.2, -0.15) is 0 Å². The lowest BCUT2D eigenvalue weighted by Crippen LogP contribution is -2.60. The third-order valence-corrected chi connectivity index (χ3v) is 3.56. The molecule has 2 nitrogen and oxygen atoms in total. The fraction of sp³-hybridized carbons (Fsp3) is 0.857. The molecule has 0 aliphatic carbocycles. The highest BCUT2D eigenvalue weighted by Crippen LogP contribution is 2.24. The Balaban J connectivity index is 2.60. The summed E-state index contributed by atoms with van der Waals surface area (Å²) in [6, 6.07) is 1.29. The summed E-state index contributed by atoms with van der Waals surface area (Å²) in [6.07, 6.45) is 4.59. The van der Waals surface area contributed by atoms with E-state index in [2.05, 4.69) is 44.5 Å². The molecule has 0 bridgehead atoms. The van der Waals surface area contributed by atoms with Gasteiger partial charge >= 0.3 is 0 Å². The van der Waals surface area contributed by atoms with E-state index in [9.17, 15) is 0 Å². The van der Waals surface area contributed by atoms with E-state index in [4.69, 9.17) is 0 Å². The van der Waals surface area contributed by atoms with Crippen LogP contribution in [0.4, 0.5) is 0 Å². The first-order chi connectivity index (χ1) is 7.49. The van der Waals surface area contributed by atoms with Crippen molar-refractivity contribution < 1.29 is 0 Å². The Hall–Kier alpha value is -0.340. The van der Waals surface area contributed by atoms with Crippen molar-refractivity contribution in [3.8, 4) is 0 Å². The monoisotopic (exact) mass is 224 g/mol. The highest BCUT2D eigenvalue weighted by Gasteiger charge is 2.32. The minimum absolute atomic E-state index is 0.344. The molecule has 0 aromatic heterocycles.